The van der Waals surface area contributed by atoms with E-state index in [2.05, 4.69) is 17.6 Å². The van der Waals surface area contributed by atoms with Crippen molar-refractivity contribution in [1.82, 2.24) is 10.6 Å². The molecule has 0 radical (unpaired) electrons. The van der Waals surface area contributed by atoms with Crippen LogP contribution < -0.4 is 10.6 Å². The molecule has 1 heterocycles. The van der Waals surface area contributed by atoms with Gasteiger partial charge in [-0.2, -0.15) is 0 Å². The molecule has 0 aromatic carbocycles. The third-order valence-electron chi connectivity index (χ3n) is 7.66. The zero-order valence-electron chi connectivity index (χ0n) is 16.8. The van der Waals surface area contributed by atoms with E-state index >= 15 is 0 Å². The molecule has 2 bridgehead atoms. The number of rotatable bonds is 5. The van der Waals surface area contributed by atoms with E-state index in [1.54, 1.807) is 0 Å². The summed E-state index contributed by atoms with van der Waals surface area (Å²) < 4.78 is 23.5. The summed E-state index contributed by atoms with van der Waals surface area (Å²) >= 11 is 0. The number of hydrogen-bond donors (Lipinski definition) is 2. The maximum atomic E-state index is 11.7. The fourth-order valence-electron chi connectivity index (χ4n) is 5.87. The van der Waals surface area contributed by atoms with Crippen molar-refractivity contribution in [2.45, 2.75) is 83.2 Å². The Morgan fingerprint density at radius 3 is 2.37 bits per heavy atom. The first-order chi connectivity index (χ1) is 13.0. The Morgan fingerprint density at radius 2 is 1.78 bits per heavy atom. The highest BCUT2D eigenvalue weighted by Crippen LogP contribution is 2.44. The van der Waals surface area contributed by atoms with E-state index < -0.39 is 9.84 Å². The maximum Gasteiger partial charge on any atom is 0.191 e. The molecule has 4 aliphatic rings. The molecule has 3 saturated carbocycles. The molecule has 3 aliphatic carbocycles. The first-order valence-corrected chi connectivity index (χ1v) is 13.1. The van der Waals surface area contributed by atoms with Crippen molar-refractivity contribution in [3.63, 3.8) is 0 Å². The van der Waals surface area contributed by atoms with Gasteiger partial charge in [-0.25, -0.2) is 8.42 Å². The molecule has 4 atom stereocenters. The maximum absolute atomic E-state index is 11.7. The molecule has 0 aromatic heterocycles. The molecular formula is C21H37N3O2S. The summed E-state index contributed by atoms with van der Waals surface area (Å²) in [6.07, 6.45) is 12.6. The number of nitrogens with zero attached hydrogens (tertiary/aromatic N) is 1. The van der Waals surface area contributed by atoms with Gasteiger partial charge < -0.3 is 10.6 Å². The summed E-state index contributed by atoms with van der Waals surface area (Å²) in [5, 5.41) is 7.48. The minimum absolute atomic E-state index is 0.199. The van der Waals surface area contributed by atoms with Gasteiger partial charge in [0, 0.05) is 18.6 Å². The van der Waals surface area contributed by atoms with Crippen molar-refractivity contribution in [3.05, 3.63) is 0 Å². The number of sulfone groups is 1. The minimum atomic E-state index is -2.82. The zero-order valence-corrected chi connectivity index (χ0v) is 17.6. The molecule has 5 nitrogen and oxygen atoms in total. The zero-order chi connectivity index (χ0) is 18.9. The molecule has 1 saturated heterocycles. The predicted octanol–water partition coefficient (Wildman–Crippen LogP) is 3.11. The summed E-state index contributed by atoms with van der Waals surface area (Å²) in [7, 11) is -2.82. The van der Waals surface area contributed by atoms with Gasteiger partial charge >= 0.3 is 0 Å². The summed E-state index contributed by atoms with van der Waals surface area (Å²) in [5.41, 5.74) is 0. The summed E-state index contributed by atoms with van der Waals surface area (Å²) in [6.45, 7) is 2.94. The van der Waals surface area contributed by atoms with Gasteiger partial charge in [0.25, 0.3) is 0 Å². The van der Waals surface area contributed by atoms with Crippen molar-refractivity contribution in [2.75, 3.05) is 18.1 Å². The second-order valence-corrected chi connectivity index (χ2v) is 11.9. The monoisotopic (exact) mass is 395 g/mol. The smallest absolute Gasteiger partial charge is 0.191 e. The minimum Gasteiger partial charge on any atom is -0.354 e. The number of guanidine groups is 1. The number of aliphatic imine (C=N–C) groups is 1. The lowest BCUT2D eigenvalue weighted by Crippen LogP contribution is -2.50. The number of nitrogens with one attached hydrogen (secondary N) is 2. The average molecular weight is 396 g/mol. The Kier molecular flexibility index (Phi) is 6.00. The van der Waals surface area contributed by atoms with Crippen LogP contribution in [-0.4, -0.2) is 44.5 Å². The van der Waals surface area contributed by atoms with Crippen LogP contribution in [0.1, 0.15) is 71.1 Å². The van der Waals surface area contributed by atoms with Gasteiger partial charge in [0.1, 0.15) is 0 Å². The highest BCUT2D eigenvalue weighted by molar-refractivity contribution is 7.91. The average Bonchev–Trinajstić information content (AvgIpc) is 3.36. The first kappa shape index (κ1) is 19.5. The van der Waals surface area contributed by atoms with E-state index in [4.69, 9.17) is 4.99 Å². The van der Waals surface area contributed by atoms with Gasteiger partial charge in [-0.15, -0.1) is 0 Å². The topological polar surface area (TPSA) is 70.6 Å². The van der Waals surface area contributed by atoms with Gasteiger partial charge in [0.15, 0.2) is 15.8 Å². The van der Waals surface area contributed by atoms with Crippen LogP contribution in [0.15, 0.2) is 4.99 Å². The first-order valence-electron chi connectivity index (χ1n) is 11.3. The Hall–Kier alpha value is -0.780. The molecule has 0 aromatic rings. The molecule has 154 valence electrons. The molecular weight excluding hydrogens is 358 g/mol. The Bertz CT molecular complexity index is 640. The van der Waals surface area contributed by atoms with E-state index in [1.165, 1.54) is 57.8 Å². The van der Waals surface area contributed by atoms with E-state index in [0.717, 1.165) is 30.1 Å². The highest BCUT2D eigenvalue weighted by atomic mass is 32.2. The summed E-state index contributed by atoms with van der Waals surface area (Å²) in [4.78, 5) is 4.88. The molecule has 2 N–H and O–H groups in total. The van der Waals surface area contributed by atoms with E-state index in [0.29, 0.717) is 30.1 Å². The summed E-state index contributed by atoms with van der Waals surface area (Å²) in [5.74, 6) is 4.43. The second kappa shape index (κ2) is 8.30. The Morgan fingerprint density at radius 1 is 0.963 bits per heavy atom. The fraction of sp³-hybridized carbons (Fsp3) is 0.952. The lowest BCUT2D eigenvalue weighted by molar-refractivity contribution is 0.301. The number of hydrogen-bond acceptors (Lipinski definition) is 3. The second-order valence-electron chi connectivity index (χ2n) is 9.65. The molecule has 4 rings (SSSR count). The van der Waals surface area contributed by atoms with Crippen LogP contribution in [0.4, 0.5) is 0 Å². The third-order valence-corrected chi connectivity index (χ3v) is 9.50. The molecule has 4 fully saturated rings. The highest BCUT2D eigenvalue weighted by Gasteiger charge is 2.40. The molecule has 0 amide bonds. The van der Waals surface area contributed by atoms with Gasteiger partial charge in [0.2, 0.25) is 0 Å². The van der Waals surface area contributed by atoms with Crippen LogP contribution in [0.2, 0.25) is 0 Å². The molecule has 4 unspecified atom stereocenters. The lowest BCUT2D eigenvalue weighted by atomic mass is 9.84. The largest absolute Gasteiger partial charge is 0.354 e. The Labute approximate surface area is 165 Å². The van der Waals surface area contributed by atoms with Crippen molar-refractivity contribution in [1.29, 1.82) is 0 Å². The van der Waals surface area contributed by atoms with Gasteiger partial charge in [-0.3, -0.25) is 4.99 Å². The molecule has 1 aliphatic heterocycles. The van der Waals surface area contributed by atoms with Crippen molar-refractivity contribution in [3.8, 4) is 0 Å². The summed E-state index contributed by atoms with van der Waals surface area (Å²) in [6, 6.07) is 1.08. The van der Waals surface area contributed by atoms with Gasteiger partial charge in [0.05, 0.1) is 11.5 Å². The van der Waals surface area contributed by atoms with Crippen LogP contribution in [0.5, 0.6) is 0 Å². The lowest BCUT2D eigenvalue weighted by Gasteiger charge is -2.32. The van der Waals surface area contributed by atoms with Crippen LogP contribution in [0.3, 0.4) is 0 Å². The van der Waals surface area contributed by atoms with Crippen molar-refractivity contribution in [2.24, 2.45) is 28.7 Å². The fourth-order valence-corrected chi connectivity index (χ4v) is 7.72. The van der Waals surface area contributed by atoms with E-state index in [-0.39, 0.29) is 5.92 Å². The molecule has 27 heavy (non-hydrogen) atoms. The SMILES string of the molecule is CCC1CCC(NC(=NCC2CCS(=O)(=O)C2)NC2CC3CCC2C3)CC1. The normalized spacial score (nSPS) is 41.0. The van der Waals surface area contributed by atoms with E-state index in [9.17, 15) is 8.42 Å². The van der Waals surface area contributed by atoms with Gasteiger partial charge in [-0.1, -0.05) is 19.8 Å². The van der Waals surface area contributed by atoms with Crippen LogP contribution in [0, 0.1) is 23.7 Å². The quantitative estimate of drug-likeness (QED) is 0.554. The third kappa shape index (κ3) is 4.99. The predicted molar refractivity (Wildman–Crippen MR) is 111 cm³/mol. The molecule has 0 spiro atoms. The van der Waals surface area contributed by atoms with Gasteiger partial charge in [-0.05, 0) is 75.0 Å². The van der Waals surface area contributed by atoms with E-state index in [1.807, 2.05) is 0 Å². The number of fused-ring (bicyclic) bond motifs is 2. The van der Waals surface area contributed by atoms with Crippen molar-refractivity contribution < 1.29 is 8.42 Å². The standard InChI is InChI=1S/C21H37N3O2S/c1-2-15-4-7-19(8-5-15)23-21(22-13-17-9-10-27(25,26)14-17)24-20-12-16-3-6-18(20)11-16/h15-20H,2-14H2,1H3,(H2,22,23,24). The molecule has 6 heteroatoms. The Balaban J connectivity index is 1.36. The van der Waals surface area contributed by atoms with Crippen molar-refractivity contribution >= 4 is 15.8 Å². The van der Waals surface area contributed by atoms with Crippen LogP contribution in [0.25, 0.3) is 0 Å². The van der Waals surface area contributed by atoms with Crippen LogP contribution >= 0.6 is 0 Å². The van der Waals surface area contributed by atoms with Crippen LogP contribution in [-0.2, 0) is 9.84 Å².